The molecule has 0 spiro atoms. The van der Waals surface area contributed by atoms with Crippen LogP contribution in [0.5, 0.6) is 0 Å². The Morgan fingerprint density at radius 3 is 1.42 bits per heavy atom. The molecule has 3 unspecified atom stereocenters. The number of aliphatic hydroxyl groups is 4. The molecule has 27 nitrogen and oxygen atoms in total. The van der Waals surface area contributed by atoms with Gasteiger partial charge in [0.1, 0.15) is 61.1 Å². The van der Waals surface area contributed by atoms with Crippen molar-refractivity contribution in [1.82, 2.24) is 27.9 Å². The first-order chi connectivity index (χ1) is 30.6. The van der Waals surface area contributed by atoms with E-state index in [1.807, 2.05) is 0 Å². The zero-order valence-electron chi connectivity index (χ0n) is 31.9. The van der Waals surface area contributed by atoms with Crippen molar-refractivity contribution in [3.63, 3.8) is 0 Å². The number of aliphatic hydroxyl groups excluding tert-OH is 4. The van der Waals surface area contributed by atoms with Gasteiger partial charge in [0, 0.05) is 73.9 Å². The number of fused-ring (bicyclic) bond motifs is 2. The third-order valence-corrected chi connectivity index (χ3v) is 12.9. The van der Waals surface area contributed by atoms with E-state index in [-0.39, 0.29) is 45.2 Å². The molecule has 332 valence electrons. The molecular formula is C34H30N8O19P3+3. The number of aromatic nitrogens is 6. The second kappa shape index (κ2) is 18.2. The van der Waals surface area contributed by atoms with Crippen LogP contribution in [-0.2, 0) is 40.8 Å². The summed E-state index contributed by atoms with van der Waals surface area (Å²) in [6, 6.07) is 13.5. The van der Waals surface area contributed by atoms with Crippen molar-refractivity contribution in [3.8, 4) is 22.5 Å². The molecule has 0 radical (unpaired) electrons. The molecule has 2 aromatic carbocycles. The predicted octanol–water partition coefficient (Wildman–Crippen LogP) is 2.43. The first-order valence-electron chi connectivity index (χ1n) is 18.3. The summed E-state index contributed by atoms with van der Waals surface area (Å²) in [7, 11) is -10.2. The fourth-order valence-corrected chi connectivity index (χ4v) is 9.36. The molecule has 2 aliphatic rings. The molecule has 0 aliphatic carbocycles. The Kier molecular flexibility index (Phi) is 12.7. The lowest BCUT2D eigenvalue weighted by atomic mass is 10.1. The first-order valence-corrected chi connectivity index (χ1v) is 21.6. The van der Waals surface area contributed by atoms with Gasteiger partial charge in [-0.05, 0) is 12.1 Å². The van der Waals surface area contributed by atoms with Gasteiger partial charge in [0.15, 0.2) is 21.1 Å². The molecule has 0 amide bonds. The smallest absolute Gasteiger partial charge is 0.387 e. The van der Waals surface area contributed by atoms with Crippen molar-refractivity contribution < 1.29 is 71.1 Å². The Bertz CT molecular complexity index is 2780. The van der Waals surface area contributed by atoms with E-state index in [0.29, 0.717) is 0 Å². The molecular weight excluding hydrogens is 917 g/mol. The van der Waals surface area contributed by atoms with Gasteiger partial charge in [-0.1, -0.05) is 24.3 Å². The van der Waals surface area contributed by atoms with E-state index in [1.165, 1.54) is 94.6 Å². The number of hydrogen-bond acceptors (Lipinski definition) is 21. The maximum atomic E-state index is 12.6. The van der Waals surface area contributed by atoms with Crippen LogP contribution in [-0.4, -0.2) is 108 Å². The Labute approximate surface area is 357 Å². The van der Waals surface area contributed by atoms with Crippen LogP contribution in [0, 0.1) is 20.2 Å². The van der Waals surface area contributed by atoms with Crippen LogP contribution in [0.2, 0.25) is 0 Å². The summed E-state index contributed by atoms with van der Waals surface area (Å²) in [6.07, 6.45) is -7.68. The summed E-state index contributed by atoms with van der Waals surface area (Å²) in [5.74, 6) is 0. The highest BCUT2D eigenvalue weighted by Crippen LogP contribution is 2.48. The van der Waals surface area contributed by atoms with Gasteiger partial charge in [-0.3, -0.25) is 38.2 Å². The number of nitrogens with zero attached hydrogens (tertiary/aromatic N) is 8. The number of ether oxygens (including phenoxy) is 2. The molecule has 64 heavy (non-hydrogen) atoms. The molecule has 2 fully saturated rings. The number of non-ortho nitro benzene ring substituents is 2. The second-order valence-electron chi connectivity index (χ2n) is 13.8. The number of hydrogen-bond donors (Lipinski definition) is 4. The van der Waals surface area contributed by atoms with E-state index in [9.17, 15) is 63.9 Å². The lowest BCUT2D eigenvalue weighted by Crippen LogP contribution is -2.33. The summed E-state index contributed by atoms with van der Waals surface area (Å²) in [6.45, 7) is -1.51. The van der Waals surface area contributed by atoms with E-state index < -0.39 is 108 Å². The van der Waals surface area contributed by atoms with Gasteiger partial charge < -0.3 is 29.9 Å². The molecule has 6 aromatic rings. The summed E-state index contributed by atoms with van der Waals surface area (Å²) in [5, 5.41) is 66.8. The third kappa shape index (κ3) is 8.64. The quantitative estimate of drug-likeness (QED) is 0.0615. The predicted molar refractivity (Wildman–Crippen MR) is 212 cm³/mol. The zero-order valence-corrected chi connectivity index (χ0v) is 34.6. The normalized spacial score (nSPS) is 24.0. The minimum absolute atomic E-state index is 0.113. The highest BCUT2D eigenvalue weighted by atomic mass is 31.2. The number of rotatable bonds is 16. The Morgan fingerprint density at radius 1 is 0.625 bits per heavy atom. The maximum Gasteiger partial charge on any atom is 0.798 e. The fraction of sp³-hybridized carbons (Fsp3) is 0.294. The lowest BCUT2D eigenvalue weighted by Gasteiger charge is -2.20. The van der Waals surface area contributed by atoms with E-state index in [1.54, 1.807) is 0 Å². The van der Waals surface area contributed by atoms with Gasteiger partial charge in [0.25, 0.3) is 11.4 Å². The third-order valence-electron chi connectivity index (χ3n) is 10.1. The molecule has 2 aliphatic heterocycles. The van der Waals surface area contributed by atoms with Crippen LogP contribution < -0.4 is 11.4 Å². The molecule has 0 bridgehead atoms. The minimum atomic E-state index is -3.50. The number of benzene rings is 2. The Hall–Kier alpha value is -6.02. The summed E-state index contributed by atoms with van der Waals surface area (Å²) < 4.78 is 73.4. The van der Waals surface area contributed by atoms with Gasteiger partial charge in [0.05, 0.1) is 21.2 Å². The van der Waals surface area contributed by atoms with E-state index >= 15 is 0 Å². The largest absolute Gasteiger partial charge is 0.798 e. The number of nitro benzene ring substituents is 2. The molecule has 4 aromatic heterocycles. The van der Waals surface area contributed by atoms with Gasteiger partial charge in [0.2, 0.25) is 0 Å². The highest BCUT2D eigenvalue weighted by molar-refractivity contribution is 7.53. The monoisotopic (exact) mass is 947 g/mol. The van der Waals surface area contributed by atoms with Crippen molar-refractivity contribution in [1.29, 1.82) is 0 Å². The summed E-state index contributed by atoms with van der Waals surface area (Å²) in [5.41, 5.74) is -1.05. The van der Waals surface area contributed by atoms with Gasteiger partial charge in [-0.15, -0.1) is 9.05 Å². The number of imidazole rings is 2. The standard InChI is InChI=1S/C34H30N8O19P3/c43-27-23(58-31(29(27)45)39-21(13-37-25(39)7-9-35-33(37)47)17-3-1-5-19(11-17)41(49)50)15-56-62(53)60-64(55)61-63(54)57-16-24-28(44)30(46)32(59-24)40-22(14-38-26(40)8-10-36-34(38)48)18-4-2-6-20(12-18)42(51)52/h1-14,23-24,27-32,43-46H,15-16H2/q+3/t23-,24+,27-,28+,29-,30+,31-,32+. The molecule has 4 N–H and O–H groups in total. The Morgan fingerprint density at radius 2 is 1.03 bits per heavy atom. The van der Waals surface area contributed by atoms with Crippen LogP contribution in [0.25, 0.3) is 33.8 Å². The average molecular weight is 948 g/mol. The average Bonchev–Trinajstić information content (AvgIpc) is 4.00. The van der Waals surface area contributed by atoms with E-state index in [2.05, 4.69) is 18.6 Å². The van der Waals surface area contributed by atoms with Crippen molar-refractivity contribution in [3.05, 3.63) is 127 Å². The second-order valence-corrected chi connectivity index (χ2v) is 17.0. The maximum absolute atomic E-state index is 12.6. The highest BCUT2D eigenvalue weighted by Gasteiger charge is 2.53. The molecule has 30 heteroatoms. The molecule has 6 heterocycles. The topological polar surface area (TPSA) is 352 Å². The van der Waals surface area contributed by atoms with Crippen LogP contribution in [0.15, 0.2) is 95.0 Å². The zero-order chi connectivity index (χ0) is 45.6. The molecule has 2 saturated heterocycles. The summed E-state index contributed by atoms with van der Waals surface area (Å²) in [4.78, 5) is 54.3. The summed E-state index contributed by atoms with van der Waals surface area (Å²) >= 11 is 0. The van der Waals surface area contributed by atoms with Crippen molar-refractivity contribution >= 4 is 47.4 Å². The van der Waals surface area contributed by atoms with Crippen LogP contribution in [0.1, 0.15) is 12.5 Å². The SMILES string of the molecule is O=c1nccc2n([C@@H]3O[C@H](CO[P+](=O)O[P+](=O)O[P+](=O)OC[C@@H]4O[C@H](n5c(-c6cccc([N+](=O)[O-])c6)cn6c(=O)nccc56)[C@@H](O)[C@H]4O)[C@@H](O)[C@H]3O)c(-c3cccc([N+](=O)[O-])c3)cn12. The van der Waals surface area contributed by atoms with E-state index in [0.717, 1.165) is 8.80 Å². The van der Waals surface area contributed by atoms with Crippen molar-refractivity contribution in [2.75, 3.05) is 13.2 Å². The van der Waals surface area contributed by atoms with Gasteiger partial charge >= 0.3 is 36.1 Å². The molecule has 8 rings (SSSR count). The first kappa shape index (κ1) is 44.6. The van der Waals surface area contributed by atoms with Crippen LogP contribution in [0.3, 0.4) is 0 Å². The van der Waals surface area contributed by atoms with Gasteiger partial charge in [-0.25, -0.2) is 19.6 Å². The minimum Gasteiger partial charge on any atom is -0.387 e. The lowest BCUT2D eigenvalue weighted by molar-refractivity contribution is -0.385. The van der Waals surface area contributed by atoms with Crippen molar-refractivity contribution in [2.45, 2.75) is 49.1 Å². The van der Waals surface area contributed by atoms with Gasteiger partial charge in [-0.2, -0.15) is 0 Å². The van der Waals surface area contributed by atoms with Crippen molar-refractivity contribution in [2.24, 2.45) is 0 Å². The van der Waals surface area contributed by atoms with Crippen LogP contribution in [0.4, 0.5) is 11.4 Å². The Balaban J connectivity index is 0.878. The molecule has 11 atom stereocenters. The molecule has 0 saturated carbocycles. The number of nitro groups is 2. The fourth-order valence-electron chi connectivity index (χ4n) is 7.19. The van der Waals surface area contributed by atoms with Crippen LogP contribution >= 0.6 is 24.8 Å². The van der Waals surface area contributed by atoms with E-state index in [4.69, 9.17) is 18.5 Å².